The minimum absolute atomic E-state index is 0.100. The van der Waals surface area contributed by atoms with Gasteiger partial charge in [0.1, 0.15) is 0 Å². The molecule has 4 rings (SSSR count). The lowest BCUT2D eigenvalue weighted by atomic mass is 9.73. The molecule has 0 aromatic heterocycles. The summed E-state index contributed by atoms with van der Waals surface area (Å²) in [5, 5.41) is 10.1. The molecule has 2 aliphatic heterocycles. The van der Waals surface area contributed by atoms with Crippen LogP contribution in [0.4, 0.5) is 26.3 Å². The molecular weight excluding hydrogens is 470 g/mol. The summed E-state index contributed by atoms with van der Waals surface area (Å²) in [6.45, 7) is 3.86. The Bertz CT molecular complexity index is 1080. The zero-order chi connectivity index (χ0) is 25.4. The van der Waals surface area contributed by atoms with Crippen LogP contribution in [0.3, 0.4) is 0 Å². The van der Waals surface area contributed by atoms with E-state index in [9.17, 15) is 31.6 Å². The molecule has 4 atom stereocenters. The number of piperidine rings is 1. The molecule has 0 amide bonds. The Morgan fingerprint density at radius 1 is 1.03 bits per heavy atom. The molecular formula is C26H24F6N2O. The van der Waals surface area contributed by atoms with Crippen LogP contribution in [0.25, 0.3) is 0 Å². The van der Waals surface area contributed by atoms with Gasteiger partial charge in [-0.1, -0.05) is 36.4 Å². The lowest BCUT2D eigenvalue weighted by Crippen LogP contribution is -2.59. The smallest absolute Gasteiger partial charge is 0.371 e. The number of ether oxygens (including phenoxy) is 1. The number of nitrogens with zero attached hydrogens (tertiary/aromatic N) is 2. The number of nitriles is 1. The van der Waals surface area contributed by atoms with Crippen molar-refractivity contribution in [3.05, 3.63) is 83.4 Å². The van der Waals surface area contributed by atoms with Gasteiger partial charge < -0.3 is 4.74 Å². The van der Waals surface area contributed by atoms with Crippen LogP contribution in [0.5, 0.6) is 0 Å². The molecule has 0 radical (unpaired) electrons. The molecule has 186 valence electrons. The van der Waals surface area contributed by atoms with Crippen molar-refractivity contribution in [1.29, 1.82) is 5.26 Å². The number of rotatable bonds is 6. The molecule has 2 bridgehead atoms. The largest absolute Gasteiger partial charge is 0.416 e. The molecule has 2 fully saturated rings. The van der Waals surface area contributed by atoms with Crippen molar-refractivity contribution >= 4 is 0 Å². The summed E-state index contributed by atoms with van der Waals surface area (Å²) in [5.41, 5.74) is -3.03. The maximum Gasteiger partial charge on any atom is 0.416 e. The third kappa shape index (κ3) is 4.57. The molecule has 0 spiro atoms. The summed E-state index contributed by atoms with van der Waals surface area (Å²) in [7, 11) is 0. The SMILES string of the molecule is C=CCN1[C@H]2CC[C@@H](OCc3cc(C(F)(F)F)cc(C(F)(F)F)c3)[C@]1(c1ccccc1)[C@@H](C#N)C2. The van der Waals surface area contributed by atoms with E-state index >= 15 is 0 Å². The van der Waals surface area contributed by atoms with E-state index in [1.807, 2.05) is 30.3 Å². The van der Waals surface area contributed by atoms with Gasteiger partial charge in [-0.05, 0) is 48.6 Å². The van der Waals surface area contributed by atoms with E-state index in [1.54, 1.807) is 6.08 Å². The highest BCUT2D eigenvalue weighted by Crippen LogP contribution is 2.55. The number of hydrogen-bond acceptors (Lipinski definition) is 3. The molecule has 0 N–H and O–H groups in total. The third-order valence-electron chi connectivity index (χ3n) is 7.02. The van der Waals surface area contributed by atoms with Gasteiger partial charge in [0, 0.05) is 12.6 Å². The van der Waals surface area contributed by atoms with Crippen LogP contribution in [0, 0.1) is 17.2 Å². The lowest BCUT2D eigenvalue weighted by Gasteiger charge is -2.50. The maximum atomic E-state index is 13.3. The minimum atomic E-state index is -4.93. The summed E-state index contributed by atoms with van der Waals surface area (Å²) in [6, 6.07) is 13.3. The van der Waals surface area contributed by atoms with E-state index in [4.69, 9.17) is 4.74 Å². The number of hydrogen-bond donors (Lipinski definition) is 0. The highest BCUT2D eigenvalue weighted by Gasteiger charge is 2.61. The molecule has 35 heavy (non-hydrogen) atoms. The molecule has 9 heteroatoms. The standard InChI is InChI=1S/C26H24F6N2O/c1-2-10-34-22-8-9-23(24(34,21(14-22)15-33)18-6-4-3-5-7-18)35-16-17-11-19(25(27,28)29)13-20(12-17)26(30,31)32/h2-7,11-13,21-23H,1,8-10,14,16H2/t21-,22+,23-,24+/m1/s1. The Hall–Kier alpha value is -2.83. The maximum absolute atomic E-state index is 13.3. The molecule has 2 heterocycles. The van der Waals surface area contributed by atoms with Crippen LogP contribution >= 0.6 is 0 Å². The summed E-state index contributed by atoms with van der Waals surface area (Å²) >= 11 is 0. The highest BCUT2D eigenvalue weighted by atomic mass is 19.4. The van der Waals surface area contributed by atoms with Crippen molar-refractivity contribution in [2.24, 2.45) is 5.92 Å². The normalized spacial score (nSPS) is 26.9. The summed E-state index contributed by atoms with van der Waals surface area (Å²) < 4.78 is 86.0. The zero-order valence-corrected chi connectivity index (χ0v) is 18.7. The second-order valence-electron chi connectivity index (χ2n) is 8.99. The quantitative estimate of drug-likeness (QED) is 0.331. The van der Waals surface area contributed by atoms with Crippen LogP contribution in [-0.2, 0) is 29.2 Å². The Labute approximate surface area is 199 Å². The fraction of sp³-hybridized carbons (Fsp3) is 0.423. The Morgan fingerprint density at radius 2 is 1.66 bits per heavy atom. The topological polar surface area (TPSA) is 36.3 Å². The van der Waals surface area contributed by atoms with Gasteiger partial charge in [-0.2, -0.15) is 31.6 Å². The fourth-order valence-corrected chi connectivity index (χ4v) is 5.69. The molecule has 0 aliphatic carbocycles. The van der Waals surface area contributed by atoms with E-state index in [0.717, 1.165) is 5.56 Å². The van der Waals surface area contributed by atoms with Crippen LogP contribution in [0.1, 0.15) is 41.5 Å². The van der Waals surface area contributed by atoms with Gasteiger partial charge in [-0.15, -0.1) is 6.58 Å². The number of alkyl halides is 6. The summed E-state index contributed by atoms with van der Waals surface area (Å²) in [6.07, 6.45) is -6.93. The van der Waals surface area contributed by atoms with E-state index in [-0.39, 0.29) is 17.7 Å². The Morgan fingerprint density at radius 3 is 2.20 bits per heavy atom. The zero-order valence-electron chi connectivity index (χ0n) is 18.7. The summed E-state index contributed by atoms with van der Waals surface area (Å²) in [4.78, 5) is 2.16. The molecule has 2 aliphatic rings. The number of benzene rings is 2. The van der Waals surface area contributed by atoms with Gasteiger partial charge in [-0.25, -0.2) is 0 Å². The van der Waals surface area contributed by atoms with E-state index in [2.05, 4.69) is 17.5 Å². The van der Waals surface area contributed by atoms with E-state index in [0.29, 0.717) is 37.9 Å². The van der Waals surface area contributed by atoms with E-state index in [1.165, 1.54) is 0 Å². The predicted octanol–water partition coefficient (Wildman–Crippen LogP) is 6.70. The molecule has 0 saturated carbocycles. The van der Waals surface area contributed by atoms with Crippen LogP contribution in [0.15, 0.2) is 61.2 Å². The first kappa shape index (κ1) is 25.3. The molecule has 0 unspecified atom stereocenters. The average Bonchev–Trinajstić information content (AvgIpc) is 3.02. The Balaban J connectivity index is 1.73. The predicted molar refractivity (Wildman–Crippen MR) is 117 cm³/mol. The number of halogens is 6. The molecule has 3 nitrogen and oxygen atoms in total. The molecule has 2 aromatic rings. The van der Waals surface area contributed by atoms with Gasteiger partial charge in [-0.3, -0.25) is 4.90 Å². The first-order valence-corrected chi connectivity index (χ1v) is 11.2. The number of fused-ring (bicyclic) bond motifs is 2. The average molecular weight is 494 g/mol. The van der Waals surface area contributed by atoms with Crippen molar-refractivity contribution in [3.8, 4) is 6.07 Å². The van der Waals surface area contributed by atoms with Gasteiger partial charge >= 0.3 is 12.4 Å². The summed E-state index contributed by atoms with van der Waals surface area (Å²) in [5.74, 6) is -0.463. The van der Waals surface area contributed by atoms with Crippen molar-refractivity contribution in [1.82, 2.24) is 4.90 Å². The lowest BCUT2D eigenvalue weighted by molar-refractivity contribution is -0.143. The monoisotopic (exact) mass is 494 g/mol. The fourth-order valence-electron chi connectivity index (χ4n) is 5.69. The molecule has 2 aromatic carbocycles. The van der Waals surface area contributed by atoms with Crippen molar-refractivity contribution < 1.29 is 31.1 Å². The highest BCUT2D eigenvalue weighted by molar-refractivity contribution is 5.36. The van der Waals surface area contributed by atoms with Crippen LogP contribution in [0.2, 0.25) is 0 Å². The van der Waals surface area contributed by atoms with Gasteiger partial charge in [0.05, 0.1) is 41.4 Å². The van der Waals surface area contributed by atoms with E-state index < -0.39 is 47.6 Å². The molecule has 2 saturated heterocycles. The first-order chi connectivity index (χ1) is 16.5. The van der Waals surface area contributed by atoms with Crippen molar-refractivity contribution in [3.63, 3.8) is 0 Å². The van der Waals surface area contributed by atoms with Gasteiger partial charge in [0.15, 0.2) is 0 Å². The van der Waals surface area contributed by atoms with Crippen LogP contribution in [-0.4, -0.2) is 23.6 Å². The van der Waals surface area contributed by atoms with Crippen LogP contribution < -0.4 is 0 Å². The van der Waals surface area contributed by atoms with Gasteiger partial charge in [0.25, 0.3) is 0 Å². The van der Waals surface area contributed by atoms with Gasteiger partial charge in [0.2, 0.25) is 0 Å². The second-order valence-corrected chi connectivity index (χ2v) is 8.99. The van der Waals surface area contributed by atoms with Crippen molar-refractivity contribution in [2.45, 2.75) is 55.9 Å². The minimum Gasteiger partial charge on any atom is -0.371 e. The third-order valence-corrected chi connectivity index (χ3v) is 7.02. The Kier molecular flexibility index (Phi) is 6.73. The van der Waals surface area contributed by atoms with Crippen molar-refractivity contribution in [2.75, 3.05) is 6.54 Å². The second kappa shape index (κ2) is 9.32. The first-order valence-electron chi connectivity index (χ1n) is 11.2.